The van der Waals surface area contributed by atoms with Crippen molar-refractivity contribution in [3.8, 4) is 0 Å². The van der Waals surface area contributed by atoms with Crippen molar-refractivity contribution < 1.29 is 19.1 Å². The second kappa shape index (κ2) is 8.96. The number of likely N-dealkylation sites (tertiary alicyclic amines) is 1. The summed E-state index contributed by atoms with van der Waals surface area (Å²) in [5, 5.41) is 10.8. The van der Waals surface area contributed by atoms with Crippen LogP contribution in [0.5, 0.6) is 0 Å². The van der Waals surface area contributed by atoms with E-state index in [4.69, 9.17) is 0 Å². The van der Waals surface area contributed by atoms with E-state index in [0.29, 0.717) is 12.1 Å². The van der Waals surface area contributed by atoms with E-state index in [2.05, 4.69) is 9.88 Å². The monoisotopic (exact) mass is 397 g/mol. The Hall–Kier alpha value is -3.06. The molecular weight excluding hydrogens is 373 g/mol. The van der Waals surface area contributed by atoms with Crippen LogP contribution in [0.15, 0.2) is 54.4 Å². The van der Waals surface area contributed by atoms with Crippen molar-refractivity contribution in [2.45, 2.75) is 19.9 Å². The number of amides is 1. The first-order valence-corrected chi connectivity index (χ1v) is 9.65. The first kappa shape index (κ1) is 20.7. The maximum absolute atomic E-state index is 14.7. The molecule has 152 valence electrons. The summed E-state index contributed by atoms with van der Waals surface area (Å²) in [5.41, 5.74) is 0.427. The smallest absolute Gasteiger partial charge is 0.295 e. The third-order valence-corrected chi connectivity index (χ3v) is 5.25. The van der Waals surface area contributed by atoms with Gasteiger partial charge in [-0.3, -0.25) is 14.6 Å². The van der Waals surface area contributed by atoms with Crippen LogP contribution in [0, 0.1) is 5.82 Å². The molecule has 6 nitrogen and oxygen atoms in total. The van der Waals surface area contributed by atoms with E-state index in [1.54, 1.807) is 12.1 Å². The second-order valence-electron chi connectivity index (χ2n) is 6.78. The molecule has 29 heavy (non-hydrogen) atoms. The number of ketones is 1. The number of rotatable bonds is 7. The van der Waals surface area contributed by atoms with Crippen molar-refractivity contribution in [3.05, 3.63) is 71.3 Å². The maximum Gasteiger partial charge on any atom is 0.295 e. The van der Waals surface area contributed by atoms with Crippen molar-refractivity contribution in [2.24, 2.45) is 0 Å². The highest BCUT2D eigenvalue weighted by molar-refractivity contribution is 6.46. The Balaban J connectivity index is 2.11. The predicted octanol–water partition coefficient (Wildman–Crippen LogP) is 2.98. The molecule has 7 heteroatoms. The zero-order valence-corrected chi connectivity index (χ0v) is 16.5. The fourth-order valence-electron chi connectivity index (χ4n) is 3.59. The van der Waals surface area contributed by atoms with Crippen molar-refractivity contribution in [3.63, 3.8) is 0 Å². The number of carbonyl (C=O) groups is 2. The molecule has 0 unspecified atom stereocenters. The van der Waals surface area contributed by atoms with Crippen LogP contribution >= 0.6 is 0 Å². The minimum absolute atomic E-state index is 0.106. The van der Waals surface area contributed by atoms with Crippen LogP contribution in [0.25, 0.3) is 5.76 Å². The zero-order valence-electron chi connectivity index (χ0n) is 16.5. The Labute approximate surface area is 169 Å². The van der Waals surface area contributed by atoms with Crippen LogP contribution in [0.1, 0.15) is 31.0 Å². The van der Waals surface area contributed by atoms with Crippen LogP contribution in [0.4, 0.5) is 4.39 Å². The summed E-state index contributed by atoms with van der Waals surface area (Å²) in [4.78, 5) is 33.0. The Morgan fingerprint density at radius 3 is 2.41 bits per heavy atom. The molecule has 2 heterocycles. The Morgan fingerprint density at radius 2 is 1.79 bits per heavy atom. The molecule has 1 atom stereocenters. The largest absolute Gasteiger partial charge is 0.507 e. The van der Waals surface area contributed by atoms with Crippen LogP contribution in [0.2, 0.25) is 0 Å². The number of halogens is 1. The van der Waals surface area contributed by atoms with Gasteiger partial charge in [0, 0.05) is 36.6 Å². The lowest BCUT2D eigenvalue weighted by molar-refractivity contribution is -0.140. The maximum atomic E-state index is 14.7. The molecule has 1 aromatic heterocycles. The SMILES string of the molecule is CCN(CC)CCN1C(=O)C(=O)C(=C(O)c2ccncc2)[C@H]1c1ccccc1F. The van der Waals surface area contributed by atoms with E-state index >= 15 is 0 Å². The molecule has 1 aliphatic rings. The highest BCUT2D eigenvalue weighted by atomic mass is 19.1. The third kappa shape index (κ3) is 4.05. The predicted molar refractivity (Wildman–Crippen MR) is 107 cm³/mol. The number of benzene rings is 1. The van der Waals surface area contributed by atoms with Gasteiger partial charge in [-0.15, -0.1) is 0 Å². The lowest BCUT2D eigenvalue weighted by Gasteiger charge is -2.28. The number of likely N-dealkylation sites (N-methyl/N-ethyl adjacent to an activating group) is 1. The van der Waals surface area contributed by atoms with Crippen LogP contribution < -0.4 is 0 Å². The molecule has 0 spiro atoms. The number of aromatic nitrogens is 1. The van der Waals surface area contributed by atoms with Crippen molar-refractivity contribution >= 4 is 17.4 Å². The quantitative estimate of drug-likeness (QED) is 0.442. The zero-order chi connectivity index (χ0) is 21.0. The molecular formula is C22H24FN3O3. The summed E-state index contributed by atoms with van der Waals surface area (Å²) in [6.07, 6.45) is 2.95. The number of carbonyl (C=O) groups excluding carboxylic acids is 2. The highest BCUT2D eigenvalue weighted by Gasteiger charge is 2.46. The molecule has 1 aliphatic heterocycles. The number of hydrogen-bond donors (Lipinski definition) is 1. The molecule has 0 saturated carbocycles. The average Bonchev–Trinajstić information content (AvgIpc) is 2.99. The van der Waals surface area contributed by atoms with Gasteiger partial charge in [-0.25, -0.2) is 4.39 Å². The summed E-state index contributed by atoms with van der Waals surface area (Å²) in [6.45, 7) is 6.40. The fraction of sp³-hybridized carbons (Fsp3) is 0.318. The molecule has 1 aromatic carbocycles. The lowest BCUT2D eigenvalue weighted by atomic mass is 9.95. The van der Waals surface area contributed by atoms with Gasteiger partial charge in [-0.05, 0) is 31.3 Å². The normalized spacial score (nSPS) is 18.6. The summed E-state index contributed by atoms with van der Waals surface area (Å²) in [7, 11) is 0. The summed E-state index contributed by atoms with van der Waals surface area (Å²) in [5.74, 6) is -2.41. The average molecular weight is 397 g/mol. The minimum Gasteiger partial charge on any atom is -0.507 e. The summed E-state index contributed by atoms with van der Waals surface area (Å²) >= 11 is 0. The number of aliphatic hydroxyl groups excluding tert-OH is 1. The third-order valence-electron chi connectivity index (χ3n) is 5.25. The van der Waals surface area contributed by atoms with Crippen LogP contribution in [-0.2, 0) is 9.59 Å². The van der Waals surface area contributed by atoms with Crippen molar-refractivity contribution in [1.82, 2.24) is 14.8 Å². The summed E-state index contributed by atoms with van der Waals surface area (Å²) in [6, 6.07) is 8.11. The van der Waals surface area contributed by atoms with Crippen molar-refractivity contribution in [1.29, 1.82) is 0 Å². The van der Waals surface area contributed by atoms with Gasteiger partial charge in [0.2, 0.25) is 0 Å². The van der Waals surface area contributed by atoms with Crippen LogP contribution in [-0.4, -0.2) is 57.8 Å². The number of Topliss-reactive ketones (excluding diaryl/α,β-unsaturated/α-hetero) is 1. The Kier molecular flexibility index (Phi) is 6.39. The van der Waals surface area contributed by atoms with Gasteiger partial charge >= 0.3 is 0 Å². The standard InChI is InChI=1S/C22H24FN3O3/c1-3-25(4-2)13-14-26-19(16-7-5-6-8-17(16)23)18(21(28)22(26)29)20(27)15-9-11-24-12-10-15/h5-12,19,27H,3-4,13-14H2,1-2H3/t19-/m1/s1. The fourth-order valence-corrected chi connectivity index (χ4v) is 3.59. The van der Waals surface area contributed by atoms with Gasteiger partial charge in [0.25, 0.3) is 11.7 Å². The van der Waals surface area contributed by atoms with Gasteiger partial charge in [-0.2, -0.15) is 0 Å². The number of pyridine rings is 1. The number of hydrogen-bond acceptors (Lipinski definition) is 5. The number of nitrogens with zero attached hydrogens (tertiary/aromatic N) is 3. The van der Waals surface area contributed by atoms with Gasteiger partial charge in [0.1, 0.15) is 11.6 Å². The summed E-state index contributed by atoms with van der Waals surface area (Å²) < 4.78 is 14.7. The van der Waals surface area contributed by atoms with E-state index in [-0.39, 0.29) is 23.4 Å². The van der Waals surface area contributed by atoms with E-state index in [9.17, 15) is 19.1 Å². The minimum atomic E-state index is -0.986. The molecule has 0 bridgehead atoms. The van der Waals surface area contributed by atoms with Crippen molar-refractivity contribution in [2.75, 3.05) is 26.2 Å². The van der Waals surface area contributed by atoms with Crippen LogP contribution in [0.3, 0.4) is 0 Å². The Morgan fingerprint density at radius 1 is 1.14 bits per heavy atom. The topological polar surface area (TPSA) is 73.7 Å². The molecule has 1 amide bonds. The first-order chi connectivity index (χ1) is 14.0. The van der Waals surface area contributed by atoms with E-state index in [1.165, 1.54) is 41.6 Å². The lowest BCUT2D eigenvalue weighted by Crippen LogP contribution is -2.38. The molecule has 1 N–H and O–H groups in total. The Bertz CT molecular complexity index is 926. The van der Waals surface area contributed by atoms with Gasteiger partial charge in [0.05, 0.1) is 11.6 Å². The molecule has 0 aliphatic carbocycles. The van der Waals surface area contributed by atoms with E-state index in [0.717, 1.165) is 13.1 Å². The molecule has 0 radical (unpaired) electrons. The molecule has 1 fully saturated rings. The van der Waals surface area contributed by atoms with Gasteiger partial charge in [0.15, 0.2) is 0 Å². The molecule has 3 rings (SSSR count). The van der Waals surface area contributed by atoms with E-state index < -0.39 is 23.5 Å². The molecule has 2 aromatic rings. The van der Waals surface area contributed by atoms with Gasteiger partial charge in [-0.1, -0.05) is 32.0 Å². The van der Waals surface area contributed by atoms with Gasteiger partial charge < -0.3 is 14.9 Å². The number of aliphatic hydroxyl groups is 1. The second-order valence-corrected chi connectivity index (χ2v) is 6.78. The highest BCUT2D eigenvalue weighted by Crippen LogP contribution is 2.40. The molecule has 1 saturated heterocycles. The first-order valence-electron chi connectivity index (χ1n) is 9.65. The van der Waals surface area contributed by atoms with E-state index in [1.807, 2.05) is 13.8 Å².